The molecule has 0 amide bonds. The molecule has 0 aliphatic rings. The molecule has 6 nitrogen and oxygen atoms in total. The van der Waals surface area contributed by atoms with Crippen molar-refractivity contribution in [2.75, 3.05) is 13.6 Å². The monoisotopic (exact) mass is 308 g/mol. The number of benzene rings is 1. The number of nitrogens with one attached hydrogen (secondary N) is 2. The smallest absolute Gasteiger partial charge is 0.240 e. The largest absolute Gasteiger partial charge is 0.308 e. The van der Waals surface area contributed by atoms with Gasteiger partial charge in [0.2, 0.25) is 10.0 Å². The highest BCUT2D eigenvalue weighted by molar-refractivity contribution is 7.89. The number of aromatic nitrogens is 2. The van der Waals surface area contributed by atoms with Crippen molar-refractivity contribution in [3.63, 3.8) is 0 Å². The Labute approximate surface area is 125 Å². The summed E-state index contributed by atoms with van der Waals surface area (Å²) in [7, 11) is -1.99. The summed E-state index contributed by atoms with van der Waals surface area (Å²) >= 11 is 0. The van der Waals surface area contributed by atoms with Gasteiger partial charge in [-0.05, 0) is 37.7 Å². The first-order valence-electron chi connectivity index (χ1n) is 6.77. The standard InChI is InChI=1S/C14H20N4O2S/c1-12(16-8-10-18-9-4-7-17-18)13-5-3-6-14(11-13)21(19,20)15-2/h3-7,9,11-12,15-16H,8,10H2,1-2H3. The molecule has 114 valence electrons. The highest BCUT2D eigenvalue weighted by Crippen LogP contribution is 2.17. The molecule has 0 saturated carbocycles. The molecule has 1 heterocycles. The topological polar surface area (TPSA) is 76.0 Å². The highest BCUT2D eigenvalue weighted by atomic mass is 32.2. The van der Waals surface area contributed by atoms with E-state index in [1.54, 1.807) is 24.4 Å². The van der Waals surface area contributed by atoms with Crippen LogP contribution in [0.25, 0.3) is 0 Å². The molecule has 1 aromatic carbocycles. The third-order valence-electron chi connectivity index (χ3n) is 3.29. The zero-order valence-corrected chi connectivity index (χ0v) is 13.0. The SMILES string of the molecule is CNS(=O)(=O)c1cccc(C(C)NCCn2cccn2)c1. The second kappa shape index (κ2) is 6.84. The van der Waals surface area contributed by atoms with Gasteiger partial charge in [-0.2, -0.15) is 5.10 Å². The fourth-order valence-corrected chi connectivity index (χ4v) is 2.80. The Balaban J connectivity index is 1.99. The molecule has 0 radical (unpaired) electrons. The van der Waals surface area contributed by atoms with Crippen molar-refractivity contribution in [3.8, 4) is 0 Å². The maximum Gasteiger partial charge on any atom is 0.240 e. The van der Waals surface area contributed by atoms with Crippen LogP contribution in [0.3, 0.4) is 0 Å². The molecule has 1 atom stereocenters. The third-order valence-corrected chi connectivity index (χ3v) is 4.70. The Morgan fingerprint density at radius 3 is 2.81 bits per heavy atom. The van der Waals surface area contributed by atoms with Gasteiger partial charge in [0, 0.05) is 25.0 Å². The lowest BCUT2D eigenvalue weighted by Gasteiger charge is -2.15. The van der Waals surface area contributed by atoms with Gasteiger partial charge in [-0.25, -0.2) is 13.1 Å². The first-order chi connectivity index (χ1) is 10.0. The van der Waals surface area contributed by atoms with E-state index in [0.29, 0.717) is 0 Å². The van der Waals surface area contributed by atoms with Crippen molar-refractivity contribution in [2.24, 2.45) is 0 Å². The number of sulfonamides is 1. The fraction of sp³-hybridized carbons (Fsp3) is 0.357. The van der Waals surface area contributed by atoms with E-state index in [1.807, 2.05) is 29.9 Å². The van der Waals surface area contributed by atoms with Gasteiger partial charge in [0.25, 0.3) is 0 Å². The molecule has 1 aromatic heterocycles. The lowest BCUT2D eigenvalue weighted by Crippen LogP contribution is -2.24. The number of hydrogen-bond donors (Lipinski definition) is 2. The predicted octanol–water partition coefficient (Wildman–Crippen LogP) is 1.14. The normalized spacial score (nSPS) is 13.2. The minimum Gasteiger partial charge on any atom is -0.308 e. The molecular weight excluding hydrogens is 288 g/mol. The van der Waals surface area contributed by atoms with E-state index in [-0.39, 0.29) is 10.9 Å². The summed E-state index contributed by atoms with van der Waals surface area (Å²) in [5, 5.41) is 7.49. The molecule has 21 heavy (non-hydrogen) atoms. The summed E-state index contributed by atoms with van der Waals surface area (Å²) in [5.74, 6) is 0. The fourth-order valence-electron chi connectivity index (χ4n) is 2.02. The molecule has 7 heteroatoms. The quantitative estimate of drug-likeness (QED) is 0.804. The third kappa shape index (κ3) is 4.13. The first-order valence-corrected chi connectivity index (χ1v) is 8.25. The van der Waals surface area contributed by atoms with Gasteiger partial charge in [-0.1, -0.05) is 12.1 Å². The maximum absolute atomic E-state index is 11.8. The van der Waals surface area contributed by atoms with E-state index >= 15 is 0 Å². The maximum atomic E-state index is 11.8. The molecule has 0 fully saturated rings. The van der Waals surface area contributed by atoms with Gasteiger partial charge < -0.3 is 5.32 Å². The van der Waals surface area contributed by atoms with Crippen LogP contribution in [0.15, 0.2) is 47.6 Å². The van der Waals surface area contributed by atoms with E-state index < -0.39 is 10.0 Å². The second-order valence-electron chi connectivity index (χ2n) is 4.72. The minimum atomic E-state index is -3.40. The Morgan fingerprint density at radius 2 is 2.14 bits per heavy atom. The molecule has 2 aromatic rings. The molecule has 0 aliphatic carbocycles. The van der Waals surface area contributed by atoms with Gasteiger partial charge in [0.1, 0.15) is 0 Å². The molecule has 0 bridgehead atoms. The predicted molar refractivity (Wildman–Crippen MR) is 81.3 cm³/mol. The van der Waals surface area contributed by atoms with Crippen LogP contribution >= 0.6 is 0 Å². The molecule has 2 N–H and O–H groups in total. The van der Waals surface area contributed by atoms with Crippen molar-refractivity contribution >= 4 is 10.0 Å². The van der Waals surface area contributed by atoms with E-state index in [4.69, 9.17) is 0 Å². The zero-order valence-electron chi connectivity index (χ0n) is 12.2. The Morgan fingerprint density at radius 1 is 1.33 bits per heavy atom. The molecular formula is C14H20N4O2S. The van der Waals surface area contributed by atoms with E-state index in [0.717, 1.165) is 18.7 Å². The van der Waals surface area contributed by atoms with Crippen molar-refractivity contribution in [1.29, 1.82) is 0 Å². The summed E-state index contributed by atoms with van der Waals surface area (Å²) in [5.41, 5.74) is 0.937. The Bertz CT molecular complexity index is 668. The number of hydrogen-bond acceptors (Lipinski definition) is 4. The number of rotatable bonds is 7. The average molecular weight is 308 g/mol. The van der Waals surface area contributed by atoms with E-state index in [1.165, 1.54) is 7.05 Å². The van der Waals surface area contributed by atoms with Gasteiger partial charge in [-0.15, -0.1) is 0 Å². The van der Waals surface area contributed by atoms with Crippen LogP contribution in [0.2, 0.25) is 0 Å². The number of nitrogens with zero attached hydrogens (tertiary/aromatic N) is 2. The molecule has 0 spiro atoms. The van der Waals surface area contributed by atoms with E-state index in [2.05, 4.69) is 15.1 Å². The minimum absolute atomic E-state index is 0.0626. The van der Waals surface area contributed by atoms with Gasteiger partial charge in [0.15, 0.2) is 0 Å². The van der Waals surface area contributed by atoms with Crippen LogP contribution in [-0.2, 0) is 16.6 Å². The summed E-state index contributed by atoms with van der Waals surface area (Å²) in [6, 6.07) is 8.90. The Kier molecular flexibility index (Phi) is 5.11. The second-order valence-corrected chi connectivity index (χ2v) is 6.61. The van der Waals surface area contributed by atoms with Gasteiger partial charge in [0.05, 0.1) is 11.4 Å². The average Bonchev–Trinajstić information content (AvgIpc) is 3.00. The van der Waals surface area contributed by atoms with Crippen LogP contribution in [-0.4, -0.2) is 31.8 Å². The lowest BCUT2D eigenvalue weighted by atomic mass is 10.1. The summed E-state index contributed by atoms with van der Waals surface area (Å²) in [4.78, 5) is 0.281. The first kappa shape index (κ1) is 15.7. The van der Waals surface area contributed by atoms with E-state index in [9.17, 15) is 8.42 Å². The van der Waals surface area contributed by atoms with Gasteiger partial charge in [-0.3, -0.25) is 4.68 Å². The van der Waals surface area contributed by atoms with Crippen molar-refractivity contribution in [1.82, 2.24) is 19.8 Å². The van der Waals surface area contributed by atoms with Crippen LogP contribution in [0.5, 0.6) is 0 Å². The molecule has 0 saturated heterocycles. The highest BCUT2D eigenvalue weighted by Gasteiger charge is 2.13. The van der Waals surface area contributed by atoms with Gasteiger partial charge >= 0.3 is 0 Å². The summed E-state index contributed by atoms with van der Waals surface area (Å²) in [6.45, 7) is 3.53. The Hall–Kier alpha value is -1.70. The van der Waals surface area contributed by atoms with Crippen molar-refractivity contribution in [2.45, 2.75) is 24.4 Å². The van der Waals surface area contributed by atoms with Crippen LogP contribution in [0.4, 0.5) is 0 Å². The van der Waals surface area contributed by atoms with Crippen LogP contribution in [0.1, 0.15) is 18.5 Å². The molecule has 0 aliphatic heterocycles. The lowest BCUT2D eigenvalue weighted by molar-refractivity contribution is 0.507. The van der Waals surface area contributed by atoms with Crippen LogP contribution < -0.4 is 10.0 Å². The summed E-state index contributed by atoms with van der Waals surface area (Å²) < 4.78 is 27.8. The summed E-state index contributed by atoms with van der Waals surface area (Å²) in [6.07, 6.45) is 3.65. The van der Waals surface area contributed by atoms with Crippen molar-refractivity contribution in [3.05, 3.63) is 48.3 Å². The molecule has 1 unspecified atom stereocenters. The van der Waals surface area contributed by atoms with Crippen LogP contribution in [0, 0.1) is 0 Å². The van der Waals surface area contributed by atoms with Crippen molar-refractivity contribution < 1.29 is 8.42 Å². The zero-order chi connectivity index (χ0) is 15.3. The molecule has 2 rings (SSSR count).